The summed E-state index contributed by atoms with van der Waals surface area (Å²) in [4.78, 5) is 4.28. The molecule has 0 bridgehead atoms. The molecule has 0 aliphatic heterocycles. The van der Waals surface area contributed by atoms with Gasteiger partial charge in [0, 0.05) is 31.2 Å². The van der Waals surface area contributed by atoms with Gasteiger partial charge in [-0.05, 0) is 12.1 Å². The normalized spacial score (nSPS) is 14.7. The van der Waals surface area contributed by atoms with Crippen LogP contribution in [-0.2, 0) is 7.05 Å². The van der Waals surface area contributed by atoms with E-state index in [1.54, 1.807) is 12.5 Å². The molecule has 0 spiro atoms. The smallest absolute Gasteiger partial charge is 0.161 e. The summed E-state index contributed by atoms with van der Waals surface area (Å²) < 4.78 is 3.84. The maximum absolute atomic E-state index is 4.28. The predicted octanol–water partition coefficient (Wildman–Crippen LogP) is 3.47. The Kier molecular flexibility index (Phi) is 4.28. The van der Waals surface area contributed by atoms with Crippen LogP contribution in [0.4, 0.5) is 0 Å². The number of aromatic nitrogens is 5. The van der Waals surface area contributed by atoms with Crippen molar-refractivity contribution in [2.75, 3.05) is 0 Å². The van der Waals surface area contributed by atoms with Crippen LogP contribution in [0.15, 0.2) is 37.1 Å². The van der Waals surface area contributed by atoms with Crippen molar-refractivity contribution in [1.29, 1.82) is 0 Å². The Labute approximate surface area is 124 Å². The summed E-state index contributed by atoms with van der Waals surface area (Å²) in [6.45, 7) is 0. The molecule has 0 unspecified atom stereocenters. The third kappa shape index (κ3) is 3.29. The molecule has 0 amide bonds. The van der Waals surface area contributed by atoms with Crippen molar-refractivity contribution in [3.8, 4) is 11.4 Å². The van der Waals surface area contributed by atoms with Crippen LogP contribution >= 0.6 is 0 Å². The maximum atomic E-state index is 4.28. The van der Waals surface area contributed by atoms with E-state index in [-0.39, 0.29) is 0 Å². The van der Waals surface area contributed by atoms with Crippen LogP contribution in [0.3, 0.4) is 0 Å². The minimum atomic E-state index is 0.829. The summed E-state index contributed by atoms with van der Waals surface area (Å²) in [5.74, 6) is 0.931. The van der Waals surface area contributed by atoms with Crippen molar-refractivity contribution in [1.82, 2.24) is 24.1 Å². The molecule has 3 aromatic heterocycles. The Morgan fingerprint density at radius 3 is 2.33 bits per heavy atom. The molecule has 3 aromatic rings. The zero-order valence-electron chi connectivity index (χ0n) is 12.4. The van der Waals surface area contributed by atoms with Gasteiger partial charge < -0.3 is 4.57 Å². The molecule has 3 heterocycles. The van der Waals surface area contributed by atoms with Gasteiger partial charge in [0.25, 0.3) is 0 Å². The van der Waals surface area contributed by atoms with Crippen molar-refractivity contribution in [3.05, 3.63) is 37.1 Å². The van der Waals surface area contributed by atoms with Gasteiger partial charge in [-0.15, -0.1) is 10.2 Å². The maximum Gasteiger partial charge on any atom is 0.161 e. The van der Waals surface area contributed by atoms with Crippen molar-refractivity contribution < 1.29 is 0 Å². The third-order valence-corrected chi connectivity index (χ3v) is 3.88. The van der Waals surface area contributed by atoms with Gasteiger partial charge in [0.1, 0.15) is 12.2 Å². The Morgan fingerprint density at radius 2 is 1.71 bits per heavy atom. The summed E-state index contributed by atoms with van der Waals surface area (Å²) in [7, 11) is 1.97. The number of imidazole rings is 1. The first-order valence-corrected chi connectivity index (χ1v) is 7.62. The lowest BCUT2D eigenvalue weighted by Crippen LogP contribution is -1.92. The Bertz CT molecular complexity index is 682. The molecule has 21 heavy (non-hydrogen) atoms. The van der Waals surface area contributed by atoms with E-state index in [1.807, 2.05) is 40.5 Å². The van der Waals surface area contributed by atoms with Gasteiger partial charge in [-0.2, -0.15) is 0 Å². The van der Waals surface area contributed by atoms with Gasteiger partial charge in [-0.1, -0.05) is 38.5 Å². The van der Waals surface area contributed by atoms with E-state index in [2.05, 4.69) is 15.2 Å². The van der Waals surface area contributed by atoms with E-state index in [4.69, 9.17) is 0 Å². The average Bonchev–Trinajstić information content (AvgIpc) is 3.17. The number of hydrogen-bond donors (Lipinski definition) is 0. The van der Waals surface area contributed by atoms with Crippen LogP contribution in [0, 0.1) is 0 Å². The number of aryl methyl sites for hydroxylation is 1. The lowest BCUT2D eigenvalue weighted by Gasteiger charge is -2.05. The molecule has 1 aliphatic rings. The molecule has 1 fully saturated rings. The van der Waals surface area contributed by atoms with E-state index < -0.39 is 0 Å². The van der Waals surface area contributed by atoms with Gasteiger partial charge in [0.2, 0.25) is 0 Å². The molecule has 0 N–H and O–H groups in total. The topological polar surface area (TPSA) is 48.0 Å². The fraction of sp³-hybridized carbons (Fsp3) is 0.438. The summed E-state index contributed by atoms with van der Waals surface area (Å²) >= 11 is 0. The fourth-order valence-electron chi connectivity index (χ4n) is 2.66. The second kappa shape index (κ2) is 6.52. The zero-order valence-corrected chi connectivity index (χ0v) is 12.4. The first kappa shape index (κ1) is 13.8. The van der Waals surface area contributed by atoms with Crippen molar-refractivity contribution in [2.45, 2.75) is 38.5 Å². The lowest BCUT2D eigenvalue weighted by atomic mass is 10.0. The Morgan fingerprint density at radius 1 is 1.00 bits per heavy atom. The van der Waals surface area contributed by atoms with E-state index in [9.17, 15) is 0 Å². The SMILES string of the molecule is C1CCCCC1.Cn1ccnc1-c1ccn2cnnc2c1. The molecule has 1 saturated carbocycles. The summed E-state index contributed by atoms with van der Waals surface area (Å²) in [6, 6.07) is 3.97. The van der Waals surface area contributed by atoms with Crippen molar-refractivity contribution in [2.24, 2.45) is 7.05 Å². The fourth-order valence-corrected chi connectivity index (χ4v) is 2.66. The summed E-state index contributed by atoms with van der Waals surface area (Å²) in [5, 5.41) is 7.83. The first-order valence-electron chi connectivity index (χ1n) is 7.62. The number of fused-ring (bicyclic) bond motifs is 1. The molecular formula is C16H21N5. The number of rotatable bonds is 1. The molecule has 0 radical (unpaired) electrons. The number of hydrogen-bond acceptors (Lipinski definition) is 3. The minimum absolute atomic E-state index is 0.829. The highest BCUT2D eigenvalue weighted by atomic mass is 15.2. The molecule has 5 heteroatoms. The molecule has 0 atom stereocenters. The predicted molar refractivity (Wildman–Crippen MR) is 82.9 cm³/mol. The molecule has 1 aliphatic carbocycles. The average molecular weight is 283 g/mol. The largest absolute Gasteiger partial charge is 0.334 e. The highest BCUT2D eigenvalue weighted by molar-refractivity contribution is 5.61. The van der Waals surface area contributed by atoms with E-state index in [0.29, 0.717) is 0 Å². The highest BCUT2D eigenvalue weighted by Gasteiger charge is 2.04. The third-order valence-electron chi connectivity index (χ3n) is 3.88. The van der Waals surface area contributed by atoms with E-state index in [0.717, 1.165) is 17.0 Å². The number of pyridine rings is 1. The summed E-state index contributed by atoms with van der Waals surface area (Å²) in [6.07, 6.45) is 16.3. The molecule has 0 aromatic carbocycles. The van der Waals surface area contributed by atoms with Crippen LogP contribution < -0.4 is 0 Å². The van der Waals surface area contributed by atoms with Gasteiger partial charge in [-0.25, -0.2) is 4.98 Å². The van der Waals surface area contributed by atoms with Gasteiger partial charge in [0.05, 0.1) is 0 Å². The lowest BCUT2D eigenvalue weighted by molar-refractivity contribution is 0.504. The quantitative estimate of drug-likeness (QED) is 0.687. The van der Waals surface area contributed by atoms with Gasteiger partial charge >= 0.3 is 0 Å². The minimum Gasteiger partial charge on any atom is -0.334 e. The standard InChI is InChI=1S/C10H9N5.C6H12/c1-14-5-3-11-10(14)8-2-4-15-7-12-13-9(15)6-8;1-2-4-6-5-3-1/h2-7H,1H3;1-6H2. The van der Waals surface area contributed by atoms with Crippen LogP contribution in [0.2, 0.25) is 0 Å². The molecule has 0 saturated heterocycles. The van der Waals surface area contributed by atoms with E-state index >= 15 is 0 Å². The molecular weight excluding hydrogens is 262 g/mol. The summed E-state index contributed by atoms with van der Waals surface area (Å²) in [5.41, 5.74) is 1.87. The van der Waals surface area contributed by atoms with Crippen LogP contribution in [0.5, 0.6) is 0 Å². The monoisotopic (exact) mass is 283 g/mol. The van der Waals surface area contributed by atoms with Gasteiger partial charge in [0.15, 0.2) is 5.65 Å². The highest BCUT2D eigenvalue weighted by Crippen LogP contribution is 2.17. The van der Waals surface area contributed by atoms with Gasteiger partial charge in [-0.3, -0.25) is 4.40 Å². The van der Waals surface area contributed by atoms with Crippen LogP contribution in [0.1, 0.15) is 38.5 Å². The zero-order chi connectivity index (χ0) is 14.5. The van der Waals surface area contributed by atoms with Crippen molar-refractivity contribution >= 4 is 5.65 Å². The molecule has 4 rings (SSSR count). The Balaban J connectivity index is 0.000000186. The van der Waals surface area contributed by atoms with E-state index in [1.165, 1.54) is 38.5 Å². The molecule has 110 valence electrons. The van der Waals surface area contributed by atoms with Crippen LogP contribution in [0.25, 0.3) is 17.0 Å². The Hall–Kier alpha value is -2.17. The van der Waals surface area contributed by atoms with Crippen molar-refractivity contribution in [3.63, 3.8) is 0 Å². The second-order valence-corrected chi connectivity index (χ2v) is 5.49. The first-order chi connectivity index (χ1) is 10.3. The molecule has 5 nitrogen and oxygen atoms in total. The van der Waals surface area contributed by atoms with Crippen LogP contribution in [-0.4, -0.2) is 24.1 Å². The number of nitrogens with zero attached hydrogens (tertiary/aromatic N) is 5. The second-order valence-electron chi connectivity index (χ2n) is 5.49.